The second kappa shape index (κ2) is 18.8. The van der Waals surface area contributed by atoms with Gasteiger partial charge in [0.05, 0.1) is 39.6 Å². The van der Waals surface area contributed by atoms with Crippen LogP contribution in [0.2, 0.25) is 0 Å². The van der Waals surface area contributed by atoms with E-state index in [2.05, 4.69) is 47.6 Å². The van der Waals surface area contributed by atoms with Crippen molar-refractivity contribution in [2.45, 2.75) is 18.5 Å². The molecule has 0 aliphatic rings. The Morgan fingerprint density at radius 1 is 0.758 bits per heavy atom. The molecular formula is C23H38N4O6. The van der Waals surface area contributed by atoms with E-state index in [1.165, 1.54) is 12.2 Å². The zero-order chi connectivity index (χ0) is 25.0. The molecule has 33 heavy (non-hydrogen) atoms. The van der Waals surface area contributed by atoms with Crippen LogP contribution in [-0.4, -0.2) is 88.6 Å². The first-order valence-electron chi connectivity index (χ1n) is 10.7. The van der Waals surface area contributed by atoms with Gasteiger partial charge in [0.25, 0.3) is 0 Å². The van der Waals surface area contributed by atoms with Crippen LogP contribution in [0.15, 0.2) is 50.6 Å². The average molecular weight is 467 g/mol. The van der Waals surface area contributed by atoms with Crippen molar-refractivity contribution in [2.24, 2.45) is 0 Å². The molecule has 1 atom stereocenters. The highest BCUT2D eigenvalue weighted by Gasteiger charge is 2.33. The summed E-state index contributed by atoms with van der Waals surface area (Å²) >= 11 is 0. The molecule has 10 nitrogen and oxygen atoms in total. The van der Waals surface area contributed by atoms with Gasteiger partial charge in [-0.3, -0.25) is 14.4 Å². The molecule has 0 saturated carbocycles. The molecule has 0 spiro atoms. The highest BCUT2D eigenvalue weighted by Crippen LogP contribution is 2.09. The molecule has 0 heterocycles. The number of rotatable bonds is 21. The van der Waals surface area contributed by atoms with Crippen LogP contribution in [0.5, 0.6) is 0 Å². The Bertz CT molecular complexity index is 623. The highest BCUT2D eigenvalue weighted by molar-refractivity contribution is 5.87. The largest absolute Gasteiger partial charge is 0.378 e. The van der Waals surface area contributed by atoms with Crippen LogP contribution in [0.1, 0.15) is 6.92 Å². The van der Waals surface area contributed by atoms with E-state index in [0.29, 0.717) is 13.2 Å². The van der Waals surface area contributed by atoms with Crippen molar-refractivity contribution in [3.8, 4) is 0 Å². The maximum Gasteiger partial charge on any atom is 0.244 e. The van der Waals surface area contributed by atoms with E-state index >= 15 is 0 Å². The number of nitrogens with one attached hydrogen (secondary N) is 4. The number of amides is 3. The minimum Gasteiger partial charge on any atom is -0.378 e. The first-order valence-corrected chi connectivity index (χ1v) is 10.7. The summed E-state index contributed by atoms with van der Waals surface area (Å²) in [5.41, 5.74) is -1.01. The van der Waals surface area contributed by atoms with E-state index in [9.17, 15) is 14.4 Å². The topological polar surface area (TPSA) is 127 Å². The quantitative estimate of drug-likeness (QED) is 0.105. The number of hydrogen-bond donors (Lipinski definition) is 4. The van der Waals surface area contributed by atoms with Crippen molar-refractivity contribution in [3.63, 3.8) is 0 Å². The minimum atomic E-state index is -1.01. The minimum absolute atomic E-state index is 0.0616. The Morgan fingerprint density at radius 3 is 1.58 bits per heavy atom. The molecule has 3 amide bonds. The summed E-state index contributed by atoms with van der Waals surface area (Å²) in [5.74, 6) is -1.03. The number of carbonyl (C=O) groups excluding carboxylic acids is 3. The second-order valence-electron chi connectivity index (χ2n) is 7.10. The summed E-state index contributed by atoms with van der Waals surface area (Å²) in [6.07, 6.45) is 5.27. The van der Waals surface area contributed by atoms with Crippen molar-refractivity contribution < 1.29 is 28.6 Å². The zero-order valence-corrected chi connectivity index (χ0v) is 19.5. The van der Waals surface area contributed by atoms with Crippen molar-refractivity contribution in [1.82, 2.24) is 21.3 Å². The van der Waals surface area contributed by atoms with Crippen LogP contribution < -0.4 is 21.3 Å². The zero-order valence-electron chi connectivity index (χ0n) is 19.5. The predicted molar refractivity (Wildman–Crippen MR) is 128 cm³/mol. The van der Waals surface area contributed by atoms with Crippen molar-refractivity contribution >= 4 is 17.7 Å². The Hall–Kier alpha value is -2.79. The van der Waals surface area contributed by atoms with E-state index in [0.717, 1.165) is 6.08 Å². The van der Waals surface area contributed by atoms with E-state index in [1.807, 2.05) is 6.92 Å². The Kier molecular flexibility index (Phi) is 17.2. The summed E-state index contributed by atoms with van der Waals surface area (Å²) in [6.45, 7) is 18.1. The van der Waals surface area contributed by atoms with Gasteiger partial charge in [-0.15, -0.1) is 6.58 Å². The molecule has 4 N–H and O–H groups in total. The van der Waals surface area contributed by atoms with Gasteiger partial charge >= 0.3 is 0 Å². The normalized spacial score (nSPS) is 11.7. The second-order valence-corrected chi connectivity index (χ2v) is 7.10. The van der Waals surface area contributed by atoms with Gasteiger partial charge < -0.3 is 35.5 Å². The van der Waals surface area contributed by atoms with Crippen molar-refractivity contribution in [3.05, 3.63) is 50.6 Å². The lowest BCUT2D eigenvalue weighted by Crippen LogP contribution is -2.58. The molecule has 186 valence electrons. The molecule has 10 heteroatoms. The molecule has 0 bridgehead atoms. The molecule has 0 fully saturated rings. The molecule has 0 aromatic carbocycles. The fourth-order valence-electron chi connectivity index (χ4n) is 2.43. The van der Waals surface area contributed by atoms with Crippen LogP contribution in [0, 0.1) is 0 Å². The van der Waals surface area contributed by atoms with Crippen molar-refractivity contribution in [1.29, 1.82) is 0 Å². The molecular weight excluding hydrogens is 428 g/mol. The third-order valence-corrected chi connectivity index (χ3v) is 4.24. The molecule has 0 aliphatic carbocycles. The third kappa shape index (κ3) is 15.6. The molecule has 0 aromatic rings. The monoisotopic (exact) mass is 466 g/mol. The van der Waals surface area contributed by atoms with Gasteiger partial charge in [0.15, 0.2) is 0 Å². The Morgan fingerprint density at radius 2 is 1.18 bits per heavy atom. The van der Waals surface area contributed by atoms with Gasteiger partial charge in [0.2, 0.25) is 17.7 Å². The number of hydrogen-bond acceptors (Lipinski definition) is 7. The summed E-state index contributed by atoms with van der Waals surface area (Å²) in [4.78, 5) is 34.6. The molecule has 0 rings (SSSR count). The first kappa shape index (κ1) is 30.2. The molecule has 0 aromatic heterocycles. The van der Waals surface area contributed by atoms with Crippen LogP contribution in [0.4, 0.5) is 0 Å². The SMILES string of the molecule is C=CC(=O)NCCOCC(COCCNC(=O)C=C)(COCCNC(C)C=C)NC(=O)C=C. The van der Waals surface area contributed by atoms with Crippen molar-refractivity contribution in [2.75, 3.05) is 59.3 Å². The van der Waals surface area contributed by atoms with E-state index in [1.54, 1.807) is 6.08 Å². The molecule has 0 aliphatic heterocycles. The van der Waals surface area contributed by atoms with Gasteiger partial charge in [-0.2, -0.15) is 0 Å². The van der Waals surface area contributed by atoms with Crippen LogP contribution in [0.25, 0.3) is 0 Å². The highest BCUT2D eigenvalue weighted by atomic mass is 16.5. The fraction of sp³-hybridized carbons (Fsp3) is 0.522. The molecule has 0 radical (unpaired) electrons. The van der Waals surface area contributed by atoms with Crippen LogP contribution in [0.3, 0.4) is 0 Å². The molecule has 1 unspecified atom stereocenters. The van der Waals surface area contributed by atoms with Gasteiger partial charge in [-0.05, 0) is 25.2 Å². The van der Waals surface area contributed by atoms with E-state index < -0.39 is 11.4 Å². The summed E-state index contributed by atoms with van der Waals surface area (Å²) in [7, 11) is 0. The smallest absolute Gasteiger partial charge is 0.244 e. The summed E-state index contributed by atoms with van der Waals surface area (Å²) in [5, 5.41) is 11.3. The van der Waals surface area contributed by atoms with Crippen LogP contribution >= 0.6 is 0 Å². The Balaban J connectivity index is 4.99. The van der Waals surface area contributed by atoms with Gasteiger partial charge in [-0.1, -0.05) is 25.8 Å². The lowest BCUT2D eigenvalue weighted by molar-refractivity contribution is -0.122. The maximum atomic E-state index is 12.1. The number of ether oxygens (including phenoxy) is 3. The van der Waals surface area contributed by atoms with Gasteiger partial charge in [-0.25, -0.2) is 0 Å². The Labute approximate surface area is 196 Å². The van der Waals surface area contributed by atoms with E-state index in [-0.39, 0.29) is 64.0 Å². The maximum absolute atomic E-state index is 12.1. The van der Waals surface area contributed by atoms with Gasteiger partial charge in [0.1, 0.15) is 5.54 Å². The molecule has 0 saturated heterocycles. The van der Waals surface area contributed by atoms with Crippen LogP contribution in [-0.2, 0) is 28.6 Å². The summed E-state index contributed by atoms with van der Waals surface area (Å²) in [6, 6.07) is 0.141. The predicted octanol–water partition coefficient (Wildman–Crippen LogP) is -0.154. The number of carbonyl (C=O) groups is 3. The standard InChI is InChI=1S/C23H38N4O6/c1-6-19(5)24-10-13-31-16-23(27-22(30)9-4,17-32-14-11-25-20(28)7-2)18-33-15-12-26-21(29)8-3/h6-9,19,24H,1-4,10-18H2,5H3,(H,25,28)(H,26,29)(H,27,30). The van der Waals surface area contributed by atoms with Gasteiger partial charge in [0, 0.05) is 25.7 Å². The summed E-state index contributed by atoms with van der Waals surface area (Å²) < 4.78 is 17.2. The lowest BCUT2D eigenvalue weighted by Gasteiger charge is -2.34. The average Bonchev–Trinajstić information content (AvgIpc) is 2.82. The lowest BCUT2D eigenvalue weighted by atomic mass is 10.0. The third-order valence-electron chi connectivity index (χ3n) is 4.24. The fourth-order valence-corrected chi connectivity index (χ4v) is 2.43. The van der Waals surface area contributed by atoms with E-state index in [4.69, 9.17) is 14.2 Å². The first-order chi connectivity index (χ1) is 15.8.